The molecule has 0 nitrogen and oxygen atoms in total. The van der Waals surface area contributed by atoms with Crippen LogP contribution < -0.4 is 0 Å². The highest BCUT2D eigenvalue weighted by atomic mass is 14.4. The largest absolute Gasteiger partial charge is 0.0807 e. The highest BCUT2D eigenvalue weighted by Crippen LogP contribution is 2.50. The van der Waals surface area contributed by atoms with Gasteiger partial charge < -0.3 is 0 Å². The van der Waals surface area contributed by atoms with Gasteiger partial charge in [0, 0.05) is 0 Å². The van der Waals surface area contributed by atoms with E-state index in [9.17, 15) is 0 Å². The van der Waals surface area contributed by atoms with E-state index >= 15 is 0 Å². The number of allylic oxidation sites excluding steroid dienone is 4. The average Bonchev–Trinajstić information content (AvgIpc) is 2.24. The number of fused-ring (bicyclic) bond motifs is 1. The lowest BCUT2D eigenvalue weighted by molar-refractivity contribution is 0.306. The summed E-state index contributed by atoms with van der Waals surface area (Å²) in [4.78, 5) is 0. The van der Waals surface area contributed by atoms with Crippen LogP contribution in [0.5, 0.6) is 0 Å². The quantitative estimate of drug-likeness (QED) is 0.509. The van der Waals surface area contributed by atoms with E-state index in [0.717, 1.165) is 5.92 Å². The summed E-state index contributed by atoms with van der Waals surface area (Å²) in [6.07, 6.45) is 8.72. The van der Waals surface area contributed by atoms with Gasteiger partial charge >= 0.3 is 0 Å². The van der Waals surface area contributed by atoms with Crippen LogP contribution in [0.15, 0.2) is 23.3 Å². The van der Waals surface area contributed by atoms with Crippen LogP contribution in [0.1, 0.15) is 40.0 Å². The van der Waals surface area contributed by atoms with Gasteiger partial charge in [-0.1, -0.05) is 32.9 Å². The summed E-state index contributed by atoms with van der Waals surface area (Å²) in [5.41, 5.74) is 3.78. The smallest absolute Gasteiger partial charge is 0.0136 e. The molecule has 2 aliphatic carbocycles. The molecule has 0 radical (unpaired) electrons. The molecule has 0 aliphatic heterocycles. The first-order chi connectivity index (χ1) is 5.61. The third-order valence-corrected chi connectivity index (χ3v) is 3.58. The SMILES string of the molecule is CC1C2=CCCC=C2CC1(C)C. The molecule has 2 aliphatic rings. The molecule has 1 saturated carbocycles. The van der Waals surface area contributed by atoms with Gasteiger partial charge in [0.2, 0.25) is 0 Å². The number of hydrogen-bond acceptors (Lipinski definition) is 0. The van der Waals surface area contributed by atoms with E-state index in [-0.39, 0.29) is 0 Å². The fourth-order valence-corrected chi connectivity index (χ4v) is 2.44. The zero-order valence-corrected chi connectivity index (χ0v) is 8.35. The first kappa shape index (κ1) is 8.10. The molecule has 12 heavy (non-hydrogen) atoms. The van der Waals surface area contributed by atoms with Crippen molar-refractivity contribution >= 4 is 0 Å². The molecule has 0 N–H and O–H groups in total. The lowest BCUT2D eigenvalue weighted by atomic mass is 9.82. The van der Waals surface area contributed by atoms with E-state index in [1.54, 1.807) is 11.1 Å². The second-order valence-electron chi connectivity index (χ2n) is 4.85. The molecule has 0 heteroatoms. The van der Waals surface area contributed by atoms with Crippen molar-refractivity contribution in [2.45, 2.75) is 40.0 Å². The van der Waals surface area contributed by atoms with Crippen LogP contribution in [0.3, 0.4) is 0 Å². The standard InChI is InChI=1S/C12H18/c1-9-11-7-5-4-6-10(11)8-12(9,2)3/h6-7,9H,4-5,8H2,1-3H3. The summed E-state index contributed by atoms with van der Waals surface area (Å²) >= 11 is 0. The molecule has 0 saturated heterocycles. The first-order valence-corrected chi connectivity index (χ1v) is 5.01. The topological polar surface area (TPSA) is 0 Å². The van der Waals surface area contributed by atoms with Crippen LogP contribution in [0.25, 0.3) is 0 Å². The van der Waals surface area contributed by atoms with Crippen LogP contribution in [0, 0.1) is 11.3 Å². The lowest BCUT2D eigenvalue weighted by Gasteiger charge is -2.23. The molecule has 2 rings (SSSR count). The number of rotatable bonds is 0. The molecule has 1 unspecified atom stereocenters. The molecule has 0 aromatic heterocycles. The van der Waals surface area contributed by atoms with Crippen molar-refractivity contribution in [1.29, 1.82) is 0 Å². The average molecular weight is 162 g/mol. The van der Waals surface area contributed by atoms with Gasteiger partial charge in [0.1, 0.15) is 0 Å². The van der Waals surface area contributed by atoms with Crippen molar-refractivity contribution in [3.63, 3.8) is 0 Å². The van der Waals surface area contributed by atoms with Crippen molar-refractivity contribution in [2.75, 3.05) is 0 Å². The summed E-state index contributed by atoms with van der Waals surface area (Å²) in [7, 11) is 0. The zero-order valence-electron chi connectivity index (χ0n) is 8.35. The second-order valence-corrected chi connectivity index (χ2v) is 4.85. The van der Waals surface area contributed by atoms with Crippen LogP contribution in [0.2, 0.25) is 0 Å². The van der Waals surface area contributed by atoms with E-state index in [2.05, 4.69) is 32.9 Å². The summed E-state index contributed by atoms with van der Waals surface area (Å²) in [6.45, 7) is 7.15. The molecule has 0 aromatic carbocycles. The van der Waals surface area contributed by atoms with E-state index in [4.69, 9.17) is 0 Å². The molecule has 0 aromatic rings. The van der Waals surface area contributed by atoms with E-state index < -0.39 is 0 Å². The van der Waals surface area contributed by atoms with Gasteiger partial charge in [-0.2, -0.15) is 0 Å². The van der Waals surface area contributed by atoms with Crippen LogP contribution in [-0.2, 0) is 0 Å². The Morgan fingerprint density at radius 3 is 2.58 bits per heavy atom. The lowest BCUT2D eigenvalue weighted by Crippen LogP contribution is -2.14. The highest BCUT2D eigenvalue weighted by molar-refractivity contribution is 5.41. The molecular weight excluding hydrogens is 144 g/mol. The molecule has 0 spiro atoms. The van der Waals surface area contributed by atoms with Crippen LogP contribution >= 0.6 is 0 Å². The minimum Gasteiger partial charge on any atom is -0.0807 e. The van der Waals surface area contributed by atoms with Crippen molar-refractivity contribution in [3.05, 3.63) is 23.3 Å². The summed E-state index contributed by atoms with van der Waals surface area (Å²) in [5.74, 6) is 0.768. The van der Waals surface area contributed by atoms with Crippen molar-refractivity contribution in [2.24, 2.45) is 11.3 Å². The molecule has 1 fully saturated rings. The van der Waals surface area contributed by atoms with Gasteiger partial charge in [-0.05, 0) is 41.7 Å². The number of hydrogen-bond donors (Lipinski definition) is 0. The van der Waals surface area contributed by atoms with Gasteiger partial charge in [0.25, 0.3) is 0 Å². The van der Waals surface area contributed by atoms with Crippen molar-refractivity contribution in [3.8, 4) is 0 Å². The predicted octanol–water partition coefficient (Wildman–Crippen LogP) is 3.70. The Bertz CT molecular complexity index is 253. The summed E-state index contributed by atoms with van der Waals surface area (Å²) in [5, 5.41) is 0. The minimum atomic E-state index is 0.502. The van der Waals surface area contributed by atoms with Crippen LogP contribution in [-0.4, -0.2) is 0 Å². The Kier molecular flexibility index (Phi) is 1.67. The summed E-state index contributed by atoms with van der Waals surface area (Å²) < 4.78 is 0. The first-order valence-electron chi connectivity index (χ1n) is 5.01. The van der Waals surface area contributed by atoms with Crippen molar-refractivity contribution < 1.29 is 0 Å². The van der Waals surface area contributed by atoms with Gasteiger partial charge in [-0.3, -0.25) is 0 Å². The third-order valence-electron chi connectivity index (χ3n) is 3.58. The maximum Gasteiger partial charge on any atom is -0.0136 e. The van der Waals surface area contributed by atoms with E-state index in [1.807, 2.05) is 0 Å². The van der Waals surface area contributed by atoms with E-state index in [1.165, 1.54) is 19.3 Å². The van der Waals surface area contributed by atoms with Gasteiger partial charge in [0.15, 0.2) is 0 Å². The van der Waals surface area contributed by atoms with Crippen LogP contribution in [0.4, 0.5) is 0 Å². The van der Waals surface area contributed by atoms with E-state index in [0.29, 0.717) is 5.41 Å². The Morgan fingerprint density at radius 2 is 1.92 bits per heavy atom. The molecular formula is C12H18. The van der Waals surface area contributed by atoms with Gasteiger partial charge in [0.05, 0.1) is 0 Å². The predicted molar refractivity (Wildman–Crippen MR) is 53.0 cm³/mol. The Balaban J connectivity index is 2.37. The molecule has 66 valence electrons. The zero-order chi connectivity index (χ0) is 8.77. The normalized spacial score (nSPS) is 32.4. The maximum atomic E-state index is 2.45. The second kappa shape index (κ2) is 2.48. The van der Waals surface area contributed by atoms with Crippen molar-refractivity contribution in [1.82, 2.24) is 0 Å². The third kappa shape index (κ3) is 1.05. The van der Waals surface area contributed by atoms with Gasteiger partial charge in [-0.25, -0.2) is 0 Å². The maximum absolute atomic E-state index is 2.45. The highest BCUT2D eigenvalue weighted by Gasteiger charge is 2.38. The fourth-order valence-electron chi connectivity index (χ4n) is 2.44. The molecule has 0 heterocycles. The Morgan fingerprint density at radius 1 is 1.25 bits per heavy atom. The Hall–Kier alpha value is -0.520. The van der Waals surface area contributed by atoms with Gasteiger partial charge in [-0.15, -0.1) is 0 Å². The Labute approximate surface area is 75.4 Å². The molecule has 1 atom stereocenters. The monoisotopic (exact) mass is 162 g/mol. The fraction of sp³-hybridized carbons (Fsp3) is 0.667. The summed E-state index contributed by atoms with van der Waals surface area (Å²) in [6, 6.07) is 0. The molecule has 0 bridgehead atoms. The minimum absolute atomic E-state index is 0.502. The molecule has 0 amide bonds.